The Morgan fingerprint density at radius 3 is 2.67 bits per heavy atom. The van der Waals surface area contributed by atoms with E-state index in [-0.39, 0.29) is 23.0 Å². The van der Waals surface area contributed by atoms with Crippen LogP contribution >= 0.6 is 11.6 Å². The molecule has 0 saturated heterocycles. The van der Waals surface area contributed by atoms with Gasteiger partial charge in [0, 0.05) is 17.3 Å². The predicted molar refractivity (Wildman–Crippen MR) is 83.8 cm³/mol. The summed E-state index contributed by atoms with van der Waals surface area (Å²) in [6.07, 6.45) is 4.49. The van der Waals surface area contributed by atoms with Crippen LogP contribution in [-0.4, -0.2) is 27.0 Å². The van der Waals surface area contributed by atoms with Crippen molar-refractivity contribution in [3.8, 4) is 0 Å². The molecule has 1 aromatic carbocycles. The molecule has 21 heavy (non-hydrogen) atoms. The lowest BCUT2D eigenvalue weighted by atomic mass is 9.81. The lowest BCUT2D eigenvalue weighted by molar-refractivity contribution is 0.282. The van der Waals surface area contributed by atoms with Gasteiger partial charge >= 0.3 is 0 Å². The molecule has 2 rings (SSSR count). The van der Waals surface area contributed by atoms with Gasteiger partial charge in [0.05, 0.1) is 5.25 Å². The molecule has 3 atom stereocenters. The van der Waals surface area contributed by atoms with E-state index in [2.05, 4.69) is 5.32 Å². The summed E-state index contributed by atoms with van der Waals surface area (Å²) in [5, 5.41) is 3.32. The molecule has 6 heteroatoms. The second kappa shape index (κ2) is 6.63. The predicted octanol–water partition coefficient (Wildman–Crippen LogP) is 3.34. The van der Waals surface area contributed by atoms with Crippen LogP contribution in [0, 0.1) is 11.7 Å². The SMILES string of the molecule is CNC(c1ccc(F)cc1Cl)C1CCCC(S(C)(=O)=O)C1. The molecule has 0 radical (unpaired) electrons. The average molecular weight is 334 g/mol. The molecule has 1 aliphatic carbocycles. The van der Waals surface area contributed by atoms with Crippen LogP contribution in [0.15, 0.2) is 18.2 Å². The first-order valence-corrected chi connectivity index (χ1v) is 9.47. The summed E-state index contributed by atoms with van der Waals surface area (Å²) in [5.41, 5.74) is 0.833. The Bertz CT molecular complexity index is 606. The second-order valence-electron chi connectivity index (χ2n) is 5.81. The zero-order chi connectivity index (χ0) is 15.6. The molecule has 1 fully saturated rings. The summed E-state index contributed by atoms with van der Waals surface area (Å²) in [6.45, 7) is 0. The molecular formula is C15H21ClFNO2S. The number of benzene rings is 1. The van der Waals surface area contributed by atoms with Crippen molar-refractivity contribution in [1.29, 1.82) is 0 Å². The molecule has 0 aromatic heterocycles. The van der Waals surface area contributed by atoms with Crippen LogP contribution in [-0.2, 0) is 9.84 Å². The Hall–Kier alpha value is -0.650. The molecule has 1 aliphatic rings. The molecule has 0 bridgehead atoms. The Labute approximate surface area is 130 Å². The highest BCUT2D eigenvalue weighted by atomic mass is 35.5. The third kappa shape index (κ3) is 3.96. The zero-order valence-electron chi connectivity index (χ0n) is 12.3. The van der Waals surface area contributed by atoms with Crippen LogP contribution in [0.2, 0.25) is 5.02 Å². The van der Waals surface area contributed by atoms with Crippen molar-refractivity contribution in [3.05, 3.63) is 34.6 Å². The normalized spacial score (nSPS) is 24.8. The summed E-state index contributed by atoms with van der Waals surface area (Å²) in [7, 11) is -1.19. The summed E-state index contributed by atoms with van der Waals surface area (Å²) in [6, 6.07) is 4.33. The van der Waals surface area contributed by atoms with E-state index in [0.29, 0.717) is 11.4 Å². The largest absolute Gasteiger partial charge is 0.313 e. The van der Waals surface area contributed by atoms with Crippen LogP contribution in [0.5, 0.6) is 0 Å². The third-order valence-corrected chi connectivity index (χ3v) is 6.32. The van der Waals surface area contributed by atoms with Crippen LogP contribution in [0.25, 0.3) is 0 Å². The molecule has 1 N–H and O–H groups in total. The Morgan fingerprint density at radius 1 is 1.38 bits per heavy atom. The molecule has 1 aromatic rings. The Balaban J connectivity index is 2.24. The first-order valence-electron chi connectivity index (χ1n) is 7.14. The van der Waals surface area contributed by atoms with E-state index in [9.17, 15) is 12.8 Å². The van der Waals surface area contributed by atoms with E-state index in [4.69, 9.17) is 11.6 Å². The molecule has 3 unspecified atom stereocenters. The van der Waals surface area contributed by atoms with Gasteiger partial charge in [0.25, 0.3) is 0 Å². The standard InChI is InChI=1S/C15H21ClFNO2S/c1-18-15(13-7-6-11(17)9-14(13)16)10-4-3-5-12(8-10)21(2,19)20/h6-7,9-10,12,15,18H,3-5,8H2,1-2H3. The first-order chi connectivity index (χ1) is 9.82. The van der Waals surface area contributed by atoms with Crippen LogP contribution < -0.4 is 5.32 Å². The minimum Gasteiger partial charge on any atom is -0.313 e. The van der Waals surface area contributed by atoms with Gasteiger partial charge in [-0.1, -0.05) is 24.1 Å². The van der Waals surface area contributed by atoms with Gasteiger partial charge in [-0.05, 0) is 49.9 Å². The topological polar surface area (TPSA) is 46.2 Å². The monoisotopic (exact) mass is 333 g/mol. The fraction of sp³-hybridized carbons (Fsp3) is 0.600. The van der Waals surface area contributed by atoms with Gasteiger partial charge in [-0.2, -0.15) is 0 Å². The second-order valence-corrected chi connectivity index (χ2v) is 8.54. The summed E-state index contributed by atoms with van der Waals surface area (Å²) in [4.78, 5) is 0. The Morgan fingerprint density at radius 2 is 2.10 bits per heavy atom. The lowest BCUT2D eigenvalue weighted by Gasteiger charge is -2.34. The maximum atomic E-state index is 13.2. The molecule has 0 aliphatic heterocycles. The van der Waals surface area contributed by atoms with E-state index in [1.807, 2.05) is 7.05 Å². The molecule has 3 nitrogen and oxygen atoms in total. The maximum Gasteiger partial charge on any atom is 0.150 e. The summed E-state index contributed by atoms with van der Waals surface area (Å²) in [5.74, 6) is -0.178. The zero-order valence-corrected chi connectivity index (χ0v) is 13.8. The average Bonchev–Trinajstić information content (AvgIpc) is 2.41. The van der Waals surface area contributed by atoms with Crippen molar-refractivity contribution < 1.29 is 12.8 Å². The lowest BCUT2D eigenvalue weighted by Crippen LogP contribution is -2.34. The minimum atomic E-state index is -3.02. The number of rotatable bonds is 4. The van der Waals surface area contributed by atoms with E-state index in [0.717, 1.165) is 24.8 Å². The number of hydrogen-bond acceptors (Lipinski definition) is 3. The van der Waals surface area contributed by atoms with Crippen molar-refractivity contribution in [1.82, 2.24) is 5.32 Å². The van der Waals surface area contributed by atoms with Gasteiger partial charge in [0.1, 0.15) is 15.7 Å². The molecular weight excluding hydrogens is 313 g/mol. The van der Waals surface area contributed by atoms with Crippen LogP contribution in [0.4, 0.5) is 4.39 Å². The molecule has 0 heterocycles. The first kappa shape index (κ1) is 16.7. The highest BCUT2D eigenvalue weighted by molar-refractivity contribution is 7.91. The van der Waals surface area contributed by atoms with Crippen molar-refractivity contribution in [2.75, 3.05) is 13.3 Å². The molecule has 1 saturated carbocycles. The van der Waals surface area contributed by atoms with Gasteiger partial charge in [-0.25, -0.2) is 12.8 Å². The minimum absolute atomic E-state index is 0.0531. The summed E-state index contributed by atoms with van der Waals surface area (Å²) >= 11 is 6.15. The van der Waals surface area contributed by atoms with Gasteiger partial charge in [0.2, 0.25) is 0 Å². The Kier molecular flexibility index (Phi) is 5.28. The number of halogens is 2. The molecule has 0 spiro atoms. The number of sulfone groups is 1. The molecule has 118 valence electrons. The van der Waals surface area contributed by atoms with Gasteiger partial charge in [-0.15, -0.1) is 0 Å². The number of nitrogens with one attached hydrogen (secondary N) is 1. The van der Waals surface area contributed by atoms with Crippen molar-refractivity contribution in [2.45, 2.75) is 37.0 Å². The number of hydrogen-bond donors (Lipinski definition) is 1. The van der Waals surface area contributed by atoms with E-state index < -0.39 is 9.84 Å². The van der Waals surface area contributed by atoms with Gasteiger partial charge in [0.15, 0.2) is 0 Å². The van der Waals surface area contributed by atoms with Crippen LogP contribution in [0.3, 0.4) is 0 Å². The highest BCUT2D eigenvalue weighted by Crippen LogP contribution is 2.38. The van der Waals surface area contributed by atoms with Gasteiger partial charge < -0.3 is 5.32 Å². The maximum absolute atomic E-state index is 13.2. The van der Waals surface area contributed by atoms with E-state index in [1.54, 1.807) is 6.07 Å². The fourth-order valence-corrected chi connectivity index (χ4v) is 4.75. The summed E-state index contributed by atoms with van der Waals surface area (Å²) < 4.78 is 36.8. The van der Waals surface area contributed by atoms with Crippen LogP contribution in [0.1, 0.15) is 37.3 Å². The quantitative estimate of drug-likeness (QED) is 0.919. The van der Waals surface area contributed by atoms with E-state index in [1.165, 1.54) is 18.4 Å². The highest BCUT2D eigenvalue weighted by Gasteiger charge is 2.33. The molecule has 0 amide bonds. The van der Waals surface area contributed by atoms with Crippen molar-refractivity contribution in [2.24, 2.45) is 5.92 Å². The smallest absolute Gasteiger partial charge is 0.150 e. The third-order valence-electron chi connectivity index (χ3n) is 4.35. The van der Waals surface area contributed by atoms with Crippen molar-refractivity contribution >= 4 is 21.4 Å². The van der Waals surface area contributed by atoms with Crippen molar-refractivity contribution in [3.63, 3.8) is 0 Å². The van der Waals surface area contributed by atoms with Gasteiger partial charge in [-0.3, -0.25) is 0 Å². The van der Waals surface area contributed by atoms with E-state index >= 15 is 0 Å². The fourth-order valence-electron chi connectivity index (χ4n) is 3.27.